The van der Waals surface area contributed by atoms with Gasteiger partial charge in [-0.05, 0) is 17.7 Å². The van der Waals surface area contributed by atoms with Gasteiger partial charge in [0.1, 0.15) is 0 Å². The van der Waals surface area contributed by atoms with Crippen molar-refractivity contribution in [3.8, 4) is 5.88 Å². The van der Waals surface area contributed by atoms with E-state index in [1.165, 1.54) is 5.56 Å². The monoisotopic (exact) mass is 285 g/mol. The minimum absolute atomic E-state index is 0.585. The van der Waals surface area contributed by atoms with E-state index in [1.54, 1.807) is 24.8 Å². The first-order chi connectivity index (χ1) is 10.4. The van der Waals surface area contributed by atoms with E-state index in [2.05, 4.69) is 25.2 Å². The minimum Gasteiger partial charge on any atom is -0.475 e. The molecule has 0 atom stereocenters. The van der Waals surface area contributed by atoms with Gasteiger partial charge in [-0.15, -0.1) is 0 Å². The number of anilines is 1. The second kappa shape index (κ2) is 6.99. The summed E-state index contributed by atoms with van der Waals surface area (Å²) in [6, 6.07) is 3.99. The SMILES string of the molecule is c1cc(CCOc2nccnc2N2CCNCC2)ccn1. The first-order valence-corrected chi connectivity index (χ1v) is 7.22. The molecule has 3 rings (SSSR count). The topological polar surface area (TPSA) is 63.2 Å². The Bertz CT molecular complexity index is 557. The predicted octanol–water partition coefficient (Wildman–Crippen LogP) is 0.903. The van der Waals surface area contributed by atoms with Crippen LogP contribution in [0, 0.1) is 0 Å². The normalized spacial score (nSPS) is 15.0. The van der Waals surface area contributed by atoms with Crippen molar-refractivity contribution < 1.29 is 4.74 Å². The number of nitrogens with zero attached hydrogens (tertiary/aromatic N) is 4. The number of ether oxygens (including phenoxy) is 1. The van der Waals surface area contributed by atoms with Crippen LogP contribution in [0.3, 0.4) is 0 Å². The van der Waals surface area contributed by atoms with Crippen molar-refractivity contribution in [2.75, 3.05) is 37.7 Å². The third kappa shape index (κ3) is 3.66. The van der Waals surface area contributed by atoms with Crippen molar-refractivity contribution in [1.29, 1.82) is 0 Å². The molecule has 21 heavy (non-hydrogen) atoms. The molecule has 2 aromatic heterocycles. The zero-order valence-electron chi connectivity index (χ0n) is 11.9. The molecule has 1 aliphatic rings. The summed E-state index contributed by atoms with van der Waals surface area (Å²) in [7, 11) is 0. The van der Waals surface area contributed by atoms with Crippen molar-refractivity contribution in [1.82, 2.24) is 20.3 Å². The second-order valence-corrected chi connectivity index (χ2v) is 4.88. The molecule has 0 bridgehead atoms. The van der Waals surface area contributed by atoms with Crippen molar-refractivity contribution in [3.63, 3.8) is 0 Å². The molecule has 1 N–H and O–H groups in total. The molecular weight excluding hydrogens is 266 g/mol. The van der Waals surface area contributed by atoms with Crippen LogP contribution in [-0.2, 0) is 6.42 Å². The zero-order valence-corrected chi connectivity index (χ0v) is 11.9. The van der Waals surface area contributed by atoms with Crippen LogP contribution >= 0.6 is 0 Å². The second-order valence-electron chi connectivity index (χ2n) is 4.88. The van der Waals surface area contributed by atoms with E-state index in [0.717, 1.165) is 38.4 Å². The van der Waals surface area contributed by atoms with Crippen molar-refractivity contribution in [3.05, 3.63) is 42.5 Å². The van der Waals surface area contributed by atoms with Gasteiger partial charge in [-0.1, -0.05) is 0 Å². The Morgan fingerprint density at radius 3 is 2.62 bits per heavy atom. The number of aromatic nitrogens is 3. The molecule has 0 unspecified atom stereocenters. The van der Waals surface area contributed by atoms with Crippen LogP contribution < -0.4 is 15.0 Å². The summed E-state index contributed by atoms with van der Waals surface area (Å²) in [4.78, 5) is 15.0. The Hall–Kier alpha value is -2.21. The molecule has 110 valence electrons. The molecule has 6 heteroatoms. The molecule has 1 aliphatic heterocycles. The number of hydrogen-bond donors (Lipinski definition) is 1. The first kappa shape index (κ1) is 13.8. The molecule has 0 saturated carbocycles. The Labute approximate surface area is 124 Å². The summed E-state index contributed by atoms with van der Waals surface area (Å²) in [6.45, 7) is 4.38. The van der Waals surface area contributed by atoms with Crippen LogP contribution in [0.15, 0.2) is 36.9 Å². The van der Waals surface area contributed by atoms with Crippen molar-refractivity contribution >= 4 is 5.82 Å². The van der Waals surface area contributed by atoms with Gasteiger partial charge >= 0.3 is 0 Å². The van der Waals surface area contributed by atoms with E-state index >= 15 is 0 Å². The smallest absolute Gasteiger partial charge is 0.257 e. The summed E-state index contributed by atoms with van der Waals surface area (Å²) in [5.74, 6) is 1.46. The van der Waals surface area contributed by atoms with Crippen molar-refractivity contribution in [2.24, 2.45) is 0 Å². The van der Waals surface area contributed by atoms with E-state index in [9.17, 15) is 0 Å². The Morgan fingerprint density at radius 2 is 1.81 bits per heavy atom. The lowest BCUT2D eigenvalue weighted by Crippen LogP contribution is -2.44. The number of nitrogens with one attached hydrogen (secondary N) is 1. The van der Waals surface area contributed by atoms with Gasteiger partial charge in [0.05, 0.1) is 6.61 Å². The third-order valence-corrected chi connectivity index (χ3v) is 3.44. The van der Waals surface area contributed by atoms with E-state index in [-0.39, 0.29) is 0 Å². The Kier molecular flexibility index (Phi) is 4.58. The molecule has 1 saturated heterocycles. The van der Waals surface area contributed by atoms with Crippen LogP contribution in [0.2, 0.25) is 0 Å². The lowest BCUT2D eigenvalue weighted by molar-refractivity contribution is 0.308. The summed E-state index contributed by atoms with van der Waals surface area (Å²) < 4.78 is 5.84. The fraction of sp³-hybridized carbons (Fsp3) is 0.400. The molecular formula is C15H19N5O. The average Bonchev–Trinajstić information content (AvgIpc) is 2.57. The molecule has 1 fully saturated rings. The number of pyridine rings is 1. The molecule has 2 aromatic rings. The highest BCUT2D eigenvalue weighted by molar-refractivity contribution is 5.48. The fourth-order valence-corrected chi connectivity index (χ4v) is 2.33. The molecule has 0 radical (unpaired) electrons. The van der Waals surface area contributed by atoms with E-state index in [0.29, 0.717) is 12.5 Å². The zero-order chi connectivity index (χ0) is 14.3. The highest BCUT2D eigenvalue weighted by atomic mass is 16.5. The van der Waals surface area contributed by atoms with Crippen molar-refractivity contribution in [2.45, 2.75) is 6.42 Å². The maximum atomic E-state index is 5.84. The van der Waals surface area contributed by atoms with E-state index in [1.807, 2.05) is 12.1 Å². The molecule has 0 amide bonds. The minimum atomic E-state index is 0.585. The van der Waals surface area contributed by atoms with Crippen LogP contribution in [-0.4, -0.2) is 47.7 Å². The van der Waals surface area contributed by atoms with E-state index in [4.69, 9.17) is 4.74 Å². The van der Waals surface area contributed by atoms with Crippen LogP contribution in [0.25, 0.3) is 0 Å². The highest BCUT2D eigenvalue weighted by Gasteiger charge is 2.17. The summed E-state index contributed by atoms with van der Waals surface area (Å²) in [6.07, 6.45) is 7.81. The molecule has 0 aromatic carbocycles. The first-order valence-electron chi connectivity index (χ1n) is 7.22. The van der Waals surface area contributed by atoms with E-state index < -0.39 is 0 Å². The lowest BCUT2D eigenvalue weighted by Gasteiger charge is -2.28. The van der Waals surface area contributed by atoms with Gasteiger partial charge in [0.2, 0.25) is 0 Å². The van der Waals surface area contributed by atoms with Gasteiger partial charge in [0, 0.05) is 57.4 Å². The van der Waals surface area contributed by atoms with Gasteiger partial charge in [-0.3, -0.25) is 4.98 Å². The Morgan fingerprint density at radius 1 is 1.05 bits per heavy atom. The molecule has 0 aliphatic carbocycles. The van der Waals surface area contributed by atoms with Crippen LogP contribution in [0.5, 0.6) is 5.88 Å². The van der Waals surface area contributed by atoms with Gasteiger partial charge in [-0.25, -0.2) is 9.97 Å². The van der Waals surface area contributed by atoms with Crippen LogP contribution in [0.4, 0.5) is 5.82 Å². The third-order valence-electron chi connectivity index (χ3n) is 3.44. The summed E-state index contributed by atoms with van der Waals surface area (Å²) >= 11 is 0. The van der Waals surface area contributed by atoms with Crippen LogP contribution in [0.1, 0.15) is 5.56 Å². The van der Waals surface area contributed by atoms with Gasteiger partial charge < -0.3 is 15.0 Å². The van der Waals surface area contributed by atoms with Gasteiger partial charge in [0.15, 0.2) is 5.82 Å². The quantitative estimate of drug-likeness (QED) is 0.881. The lowest BCUT2D eigenvalue weighted by atomic mass is 10.2. The predicted molar refractivity (Wildman–Crippen MR) is 80.6 cm³/mol. The molecule has 3 heterocycles. The maximum absolute atomic E-state index is 5.84. The average molecular weight is 285 g/mol. The maximum Gasteiger partial charge on any atom is 0.257 e. The summed E-state index contributed by atoms with van der Waals surface area (Å²) in [5.41, 5.74) is 1.21. The molecule has 0 spiro atoms. The Balaban J connectivity index is 1.62. The van der Waals surface area contributed by atoms with Gasteiger partial charge in [0.25, 0.3) is 5.88 Å². The van der Waals surface area contributed by atoms with Gasteiger partial charge in [-0.2, -0.15) is 0 Å². The number of hydrogen-bond acceptors (Lipinski definition) is 6. The number of rotatable bonds is 5. The highest BCUT2D eigenvalue weighted by Crippen LogP contribution is 2.22. The fourth-order valence-electron chi connectivity index (χ4n) is 2.33. The molecule has 6 nitrogen and oxygen atoms in total. The number of piperazine rings is 1. The standard InChI is InChI=1S/C15H19N5O/c1-4-16-5-2-13(1)3-12-21-15-14(18-6-7-19-15)20-10-8-17-9-11-20/h1-2,4-7,17H,3,8-12H2. The largest absolute Gasteiger partial charge is 0.475 e. The summed E-state index contributed by atoms with van der Waals surface area (Å²) in [5, 5.41) is 3.33.